The standard InChI is InChI=1S/C20H19N5O3S2/c1-12(26)21-9-13-7-8-17(30-13)14-11-29-19(22-14)23-18(27)10-25-16-6-4-3-5-15(16)24(2)20(25)28/h3-8,11H,9-10H2,1-2H3,(H,21,26)(H,22,23,27). The molecule has 154 valence electrons. The number of benzene rings is 1. The fraction of sp³-hybridized carbons (Fsp3) is 0.200. The summed E-state index contributed by atoms with van der Waals surface area (Å²) in [4.78, 5) is 42.5. The van der Waals surface area contributed by atoms with Crippen molar-refractivity contribution in [3.05, 3.63) is 57.1 Å². The van der Waals surface area contributed by atoms with Gasteiger partial charge in [-0.2, -0.15) is 0 Å². The maximum absolute atomic E-state index is 12.5. The first-order valence-electron chi connectivity index (χ1n) is 9.15. The molecule has 0 bridgehead atoms. The molecule has 8 nitrogen and oxygen atoms in total. The normalized spacial score (nSPS) is 11.0. The zero-order chi connectivity index (χ0) is 21.3. The predicted molar refractivity (Wildman–Crippen MR) is 119 cm³/mol. The highest BCUT2D eigenvalue weighted by Crippen LogP contribution is 2.30. The number of hydrogen-bond donors (Lipinski definition) is 2. The van der Waals surface area contributed by atoms with Crippen LogP contribution in [-0.4, -0.2) is 25.9 Å². The Morgan fingerprint density at radius 1 is 1.13 bits per heavy atom. The van der Waals surface area contributed by atoms with Crippen LogP contribution in [0.25, 0.3) is 21.6 Å². The average molecular weight is 442 g/mol. The molecule has 4 aromatic rings. The van der Waals surface area contributed by atoms with E-state index in [0.717, 1.165) is 21.0 Å². The molecule has 10 heteroatoms. The highest BCUT2D eigenvalue weighted by Gasteiger charge is 2.15. The van der Waals surface area contributed by atoms with E-state index in [0.29, 0.717) is 17.2 Å². The third-order valence-electron chi connectivity index (χ3n) is 4.53. The molecule has 1 aromatic carbocycles. The van der Waals surface area contributed by atoms with Crippen LogP contribution >= 0.6 is 22.7 Å². The molecular formula is C20H19N5O3S2. The summed E-state index contributed by atoms with van der Waals surface area (Å²) in [5, 5.41) is 7.88. The predicted octanol–water partition coefficient (Wildman–Crippen LogP) is 2.80. The molecule has 0 spiro atoms. The molecule has 0 fully saturated rings. The molecule has 0 unspecified atom stereocenters. The number of hydrogen-bond acceptors (Lipinski definition) is 6. The van der Waals surface area contributed by atoms with Crippen molar-refractivity contribution >= 4 is 50.7 Å². The van der Waals surface area contributed by atoms with Crippen molar-refractivity contribution in [2.24, 2.45) is 7.05 Å². The number of carbonyl (C=O) groups excluding carboxylic acids is 2. The lowest BCUT2D eigenvalue weighted by Crippen LogP contribution is -2.28. The molecule has 3 heterocycles. The molecule has 3 aromatic heterocycles. The first-order valence-corrected chi connectivity index (χ1v) is 10.8. The molecular weight excluding hydrogens is 422 g/mol. The Hall–Kier alpha value is -3.24. The van der Waals surface area contributed by atoms with Gasteiger partial charge in [-0.3, -0.25) is 18.7 Å². The lowest BCUT2D eigenvalue weighted by molar-refractivity contribution is -0.119. The van der Waals surface area contributed by atoms with Crippen molar-refractivity contribution in [1.29, 1.82) is 0 Å². The quantitative estimate of drug-likeness (QED) is 0.481. The third kappa shape index (κ3) is 4.05. The second kappa shape index (κ2) is 8.25. The summed E-state index contributed by atoms with van der Waals surface area (Å²) in [5.41, 5.74) is 2.01. The third-order valence-corrected chi connectivity index (χ3v) is 6.40. The molecule has 0 saturated heterocycles. The monoisotopic (exact) mass is 441 g/mol. The van der Waals surface area contributed by atoms with Crippen LogP contribution < -0.4 is 16.3 Å². The topological polar surface area (TPSA) is 98.0 Å². The van der Waals surface area contributed by atoms with E-state index in [-0.39, 0.29) is 24.0 Å². The summed E-state index contributed by atoms with van der Waals surface area (Å²) < 4.78 is 2.98. The van der Waals surface area contributed by atoms with Gasteiger partial charge in [0.1, 0.15) is 6.54 Å². The van der Waals surface area contributed by atoms with Crippen molar-refractivity contribution < 1.29 is 9.59 Å². The smallest absolute Gasteiger partial charge is 0.329 e. The van der Waals surface area contributed by atoms with E-state index >= 15 is 0 Å². The largest absolute Gasteiger partial charge is 0.351 e. The number of nitrogens with one attached hydrogen (secondary N) is 2. The van der Waals surface area contributed by atoms with Gasteiger partial charge < -0.3 is 10.6 Å². The van der Waals surface area contributed by atoms with Crippen molar-refractivity contribution in [2.45, 2.75) is 20.0 Å². The fourth-order valence-corrected chi connectivity index (χ4v) is 4.79. The van der Waals surface area contributed by atoms with Gasteiger partial charge in [-0.05, 0) is 24.3 Å². The Morgan fingerprint density at radius 3 is 2.67 bits per heavy atom. The van der Waals surface area contributed by atoms with Crippen molar-refractivity contribution in [1.82, 2.24) is 19.4 Å². The van der Waals surface area contributed by atoms with Crippen LogP contribution in [0.4, 0.5) is 5.13 Å². The Morgan fingerprint density at radius 2 is 1.90 bits per heavy atom. The minimum absolute atomic E-state index is 0.0751. The van der Waals surface area contributed by atoms with Gasteiger partial charge in [-0.15, -0.1) is 22.7 Å². The van der Waals surface area contributed by atoms with Gasteiger partial charge in [0.05, 0.1) is 28.1 Å². The van der Waals surface area contributed by atoms with E-state index < -0.39 is 0 Å². The molecule has 0 radical (unpaired) electrons. The highest BCUT2D eigenvalue weighted by atomic mass is 32.1. The van der Waals surface area contributed by atoms with Gasteiger partial charge in [0.2, 0.25) is 11.8 Å². The SMILES string of the molecule is CC(=O)NCc1ccc(-c2csc(NC(=O)Cn3c(=O)n(C)c4ccccc43)n2)s1. The van der Waals surface area contributed by atoms with E-state index in [9.17, 15) is 14.4 Å². The minimum atomic E-state index is -0.313. The first-order chi connectivity index (χ1) is 14.4. The maximum atomic E-state index is 12.5. The van der Waals surface area contributed by atoms with Crippen LogP contribution in [-0.2, 0) is 29.7 Å². The van der Waals surface area contributed by atoms with Crippen LogP contribution in [0.3, 0.4) is 0 Å². The zero-order valence-corrected chi connectivity index (χ0v) is 18.0. The molecule has 2 N–H and O–H groups in total. The summed E-state index contributed by atoms with van der Waals surface area (Å²) in [7, 11) is 1.69. The van der Waals surface area contributed by atoms with Crippen molar-refractivity contribution in [2.75, 3.05) is 5.32 Å². The molecule has 4 rings (SSSR count). The minimum Gasteiger partial charge on any atom is -0.351 e. The van der Waals surface area contributed by atoms with E-state index in [1.807, 2.05) is 41.8 Å². The number of nitrogens with zero attached hydrogens (tertiary/aromatic N) is 3. The Kier molecular flexibility index (Phi) is 5.51. The van der Waals surface area contributed by atoms with E-state index in [4.69, 9.17) is 0 Å². The number of thiazole rings is 1. The lowest BCUT2D eigenvalue weighted by atomic mass is 10.3. The van der Waals surface area contributed by atoms with Gasteiger partial charge >= 0.3 is 5.69 Å². The molecule has 30 heavy (non-hydrogen) atoms. The van der Waals surface area contributed by atoms with Gasteiger partial charge in [0, 0.05) is 24.2 Å². The summed E-state index contributed by atoms with van der Waals surface area (Å²) in [6.45, 7) is 1.87. The number of para-hydroxylation sites is 2. The zero-order valence-electron chi connectivity index (χ0n) is 16.3. The molecule has 2 amide bonds. The first kappa shape index (κ1) is 20.0. The molecule has 0 saturated carbocycles. The van der Waals surface area contributed by atoms with E-state index in [2.05, 4.69) is 15.6 Å². The number of carbonyl (C=O) groups is 2. The van der Waals surface area contributed by atoms with Crippen molar-refractivity contribution in [3.8, 4) is 10.6 Å². The fourth-order valence-electron chi connectivity index (χ4n) is 3.08. The summed E-state index contributed by atoms with van der Waals surface area (Å²) in [6, 6.07) is 11.2. The summed E-state index contributed by atoms with van der Waals surface area (Å²) in [5.74, 6) is -0.388. The number of thiophene rings is 1. The number of aryl methyl sites for hydroxylation is 1. The maximum Gasteiger partial charge on any atom is 0.329 e. The number of aromatic nitrogens is 3. The Balaban J connectivity index is 1.46. The second-order valence-electron chi connectivity index (χ2n) is 6.68. The van der Waals surface area contributed by atoms with Crippen LogP contribution in [0.1, 0.15) is 11.8 Å². The molecule has 0 aliphatic rings. The number of rotatable bonds is 6. The summed E-state index contributed by atoms with van der Waals surface area (Å²) in [6.07, 6.45) is 0. The highest BCUT2D eigenvalue weighted by molar-refractivity contribution is 7.17. The van der Waals surface area contributed by atoms with Crippen molar-refractivity contribution in [3.63, 3.8) is 0 Å². The summed E-state index contributed by atoms with van der Waals surface area (Å²) >= 11 is 2.86. The molecule has 0 aliphatic carbocycles. The molecule has 0 atom stereocenters. The van der Waals surface area contributed by atoms with Gasteiger partial charge in [-0.1, -0.05) is 12.1 Å². The average Bonchev–Trinajstić information content (AvgIpc) is 3.43. The second-order valence-corrected chi connectivity index (χ2v) is 8.70. The van der Waals surface area contributed by atoms with Crippen LogP contribution in [0, 0.1) is 0 Å². The van der Waals surface area contributed by atoms with Crippen LogP contribution in [0.2, 0.25) is 0 Å². The number of anilines is 1. The van der Waals surface area contributed by atoms with Crippen LogP contribution in [0.15, 0.2) is 46.6 Å². The Labute approximate surface area is 179 Å². The number of amides is 2. The van der Waals surface area contributed by atoms with Gasteiger partial charge in [-0.25, -0.2) is 9.78 Å². The van der Waals surface area contributed by atoms with E-state index in [1.54, 1.807) is 7.05 Å². The Bertz CT molecular complexity index is 1300. The number of fused-ring (bicyclic) bond motifs is 1. The number of imidazole rings is 1. The van der Waals surface area contributed by atoms with Crippen LogP contribution in [0.5, 0.6) is 0 Å². The van der Waals surface area contributed by atoms with Gasteiger partial charge in [0.15, 0.2) is 5.13 Å². The van der Waals surface area contributed by atoms with Gasteiger partial charge in [0.25, 0.3) is 0 Å². The molecule has 0 aliphatic heterocycles. The van der Waals surface area contributed by atoms with E-state index in [1.165, 1.54) is 38.7 Å². The lowest BCUT2D eigenvalue weighted by Gasteiger charge is -2.03.